The van der Waals surface area contributed by atoms with Crippen molar-refractivity contribution in [2.75, 3.05) is 36.5 Å². The Balaban J connectivity index is 1.50. The predicted octanol–water partition coefficient (Wildman–Crippen LogP) is 1.93. The first kappa shape index (κ1) is 13.0. The maximum Gasteiger partial charge on any atom is 0.229 e. The van der Waals surface area contributed by atoms with Gasteiger partial charge in [0.05, 0.1) is 24.8 Å². The van der Waals surface area contributed by atoms with Crippen molar-refractivity contribution >= 4 is 28.4 Å². The molecule has 112 valence electrons. The lowest BCUT2D eigenvalue weighted by molar-refractivity contribution is 0.122. The highest BCUT2D eigenvalue weighted by Crippen LogP contribution is 2.21. The molecule has 3 aromatic rings. The zero-order valence-corrected chi connectivity index (χ0v) is 12.0. The SMILES string of the molecule is c1cc(N2CCOCC2)ccc1Nc1ncc2cn[nH]c2n1. The van der Waals surface area contributed by atoms with Crippen molar-refractivity contribution in [2.24, 2.45) is 0 Å². The second-order valence-corrected chi connectivity index (χ2v) is 5.14. The summed E-state index contributed by atoms with van der Waals surface area (Å²) in [5.41, 5.74) is 2.89. The molecule has 1 aromatic carbocycles. The zero-order valence-electron chi connectivity index (χ0n) is 12.0. The molecule has 0 bridgehead atoms. The van der Waals surface area contributed by atoms with E-state index in [1.165, 1.54) is 5.69 Å². The van der Waals surface area contributed by atoms with Gasteiger partial charge in [-0.05, 0) is 24.3 Å². The van der Waals surface area contributed by atoms with Crippen LogP contribution in [-0.4, -0.2) is 46.5 Å². The molecule has 2 aromatic heterocycles. The Morgan fingerprint density at radius 3 is 2.73 bits per heavy atom. The van der Waals surface area contributed by atoms with E-state index in [0.29, 0.717) is 5.95 Å². The average Bonchev–Trinajstić information content (AvgIpc) is 3.04. The third-order valence-corrected chi connectivity index (χ3v) is 3.69. The number of nitrogens with one attached hydrogen (secondary N) is 2. The summed E-state index contributed by atoms with van der Waals surface area (Å²) in [6.45, 7) is 3.45. The molecule has 0 atom stereocenters. The molecule has 22 heavy (non-hydrogen) atoms. The molecule has 1 saturated heterocycles. The average molecular weight is 296 g/mol. The Bertz CT molecular complexity index is 763. The fraction of sp³-hybridized carbons (Fsp3) is 0.267. The van der Waals surface area contributed by atoms with Crippen LogP contribution in [0.1, 0.15) is 0 Å². The van der Waals surface area contributed by atoms with Crippen LogP contribution in [0, 0.1) is 0 Å². The normalized spacial score (nSPS) is 15.2. The lowest BCUT2D eigenvalue weighted by Crippen LogP contribution is -2.36. The van der Waals surface area contributed by atoms with Crippen LogP contribution in [0.4, 0.5) is 17.3 Å². The van der Waals surface area contributed by atoms with Gasteiger partial charge in [0.25, 0.3) is 0 Å². The third-order valence-electron chi connectivity index (χ3n) is 3.69. The lowest BCUT2D eigenvalue weighted by atomic mass is 10.2. The van der Waals surface area contributed by atoms with Gasteiger partial charge in [0, 0.05) is 30.7 Å². The second kappa shape index (κ2) is 5.61. The van der Waals surface area contributed by atoms with Crippen LogP contribution in [0.3, 0.4) is 0 Å². The quantitative estimate of drug-likeness (QED) is 0.769. The molecule has 1 aliphatic rings. The van der Waals surface area contributed by atoms with Crippen LogP contribution in [0.5, 0.6) is 0 Å². The van der Waals surface area contributed by atoms with E-state index in [0.717, 1.165) is 43.0 Å². The first-order chi connectivity index (χ1) is 10.9. The number of rotatable bonds is 3. The van der Waals surface area contributed by atoms with Crippen LogP contribution < -0.4 is 10.2 Å². The number of fused-ring (bicyclic) bond motifs is 1. The molecule has 1 aliphatic heterocycles. The topological polar surface area (TPSA) is 79.0 Å². The summed E-state index contributed by atoms with van der Waals surface area (Å²) >= 11 is 0. The van der Waals surface area contributed by atoms with Crippen LogP contribution in [0.2, 0.25) is 0 Å². The predicted molar refractivity (Wildman–Crippen MR) is 84.4 cm³/mol. The number of benzene rings is 1. The molecule has 0 unspecified atom stereocenters. The number of nitrogens with zero attached hydrogens (tertiary/aromatic N) is 4. The molecule has 0 saturated carbocycles. The van der Waals surface area contributed by atoms with Crippen molar-refractivity contribution in [3.63, 3.8) is 0 Å². The van der Waals surface area contributed by atoms with Gasteiger partial charge in [-0.15, -0.1) is 0 Å². The maximum absolute atomic E-state index is 5.37. The summed E-state index contributed by atoms with van der Waals surface area (Å²) < 4.78 is 5.37. The second-order valence-electron chi connectivity index (χ2n) is 5.14. The van der Waals surface area contributed by atoms with Gasteiger partial charge in [0.15, 0.2) is 5.65 Å². The molecule has 4 rings (SSSR count). The number of hydrogen-bond acceptors (Lipinski definition) is 6. The van der Waals surface area contributed by atoms with E-state index in [1.807, 2.05) is 12.1 Å². The highest BCUT2D eigenvalue weighted by Gasteiger charge is 2.11. The Labute approximate surface area is 127 Å². The van der Waals surface area contributed by atoms with E-state index < -0.39 is 0 Å². The van der Waals surface area contributed by atoms with Gasteiger partial charge in [-0.3, -0.25) is 5.10 Å². The lowest BCUT2D eigenvalue weighted by Gasteiger charge is -2.28. The van der Waals surface area contributed by atoms with E-state index in [2.05, 4.69) is 42.5 Å². The minimum Gasteiger partial charge on any atom is -0.378 e. The molecule has 0 spiro atoms. The number of ether oxygens (including phenoxy) is 1. The van der Waals surface area contributed by atoms with Crippen LogP contribution in [-0.2, 0) is 4.74 Å². The highest BCUT2D eigenvalue weighted by molar-refractivity contribution is 5.74. The molecular weight excluding hydrogens is 280 g/mol. The van der Waals surface area contributed by atoms with Crippen molar-refractivity contribution in [3.8, 4) is 0 Å². The third kappa shape index (κ3) is 2.58. The summed E-state index contributed by atoms with van der Waals surface area (Å²) in [5.74, 6) is 0.552. The fourth-order valence-electron chi connectivity index (χ4n) is 2.50. The molecule has 1 fully saturated rings. The van der Waals surface area contributed by atoms with Gasteiger partial charge in [-0.2, -0.15) is 10.1 Å². The fourth-order valence-corrected chi connectivity index (χ4v) is 2.50. The molecule has 0 radical (unpaired) electrons. The summed E-state index contributed by atoms with van der Waals surface area (Å²) in [6, 6.07) is 8.27. The van der Waals surface area contributed by atoms with E-state index in [1.54, 1.807) is 12.4 Å². The van der Waals surface area contributed by atoms with E-state index in [-0.39, 0.29) is 0 Å². The van der Waals surface area contributed by atoms with Gasteiger partial charge in [0.2, 0.25) is 5.95 Å². The molecule has 0 aliphatic carbocycles. The van der Waals surface area contributed by atoms with Crippen LogP contribution in [0.15, 0.2) is 36.7 Å². The Morgan fingerprint density at radius 1 is 1.09 bits per heavy atom. The summed E-state index contributed by atoms with van der Waals surface area (Å²) in [5, 5.41) is 10.9. The van der Waals surface area contributed by atoms with E-state index >= 15 is 0 Å². The smallest absolute Gasteiger partial charge is 0.229 e. The Kier molecular flexibility index (Phi) is 3.32. The number of H-pyrrole nitrogens is 1. The highest BCUT2D eigenvalue weighted by atomic mass is 16.5. The van der Waals surface area contributed by atoms with Gasteiger partial charge in [0.1, 0.15) is 0 Å². The van der Waals surface area contributed by atoms with Crippen molar-refractivity contribution < 1.29 is 4.74 Å². The monoisotopic (exact) mass is 296 g/mol. The molecule has 0 amide bonds. The first-order valence-corrected chi connectivity index (χ1v) is 7.24. The number of aromatic amines is 1. The van der Waals surface area contributed by atoms with Crippen molar-refractivity contribution in [3.05, 3.63) is 36.7 Å². The number of morpholine rings is 1. The maximum atomic E-state index is 5.37. The van der Waals surface area contributed by atoms with E-state index in [9.17, 15) is 0 Å². The minimum absolute atomic E-state index is 0.552. The molecule has 7 nitrogen and oxygen atoms in total. The Morgan fingerprint density at radius 2 is 1.91 bits per heavy atom. The zero-order chi connectivity index (χ0) is 14.8. The van der Waals surface area contributed by atoms with Gasteiger partial charge in [-0.1, -0.05) is 0 Å². The van der Waals surface area contributed by atoms with Crippen molar-refractivity contribution in [1.29, 1.82) is 0 Å². The van der Waals surface area contributed by atoms with Crippen molar-refractivity contribution in [1.82, 2.24) is 20.2 Å². The van der Waals surface area contributed by atoms with Gasteiger partial charge >= 0.3 is 0 Å². The van der Waals surface area contributed by atoms with Crippen molar-refractivity contribution in [2.45, 2.75) is 0 Å². The minimum atomic E-state index is 0.552. The number of anilines is 3. The van der Waals surface area contributed by atoms with Crippen LogP contribution >= 0.6 is 0 Å². The molecule has 3 heterocycles. The molecule has 7 heteroatoms. The Hall–Kier alpha value is -2.67. The molecular formula is C15H16N6O. The van der Waals surface area contributed by atoms with Gasteiger partial charge in [-0.25, -0.2) is 4.98 Å². The molecule has 2 N–H and O–H groups in total. The summed E-state index contributed by atoms with van der Waals surface area (Å²) in [4.78, 5) is 11.0. The summed E-state index contributed by atoms with van der Waals surface area (Å²) in [6.07, 6.45) is 3.45. The standard InChI is InChI=1S/C15H16N6O/c1-3-13(21-5-7-22-8-6-21)4-2-12(1)18-15-16-9-11-10-17-20-14(11)19-15/h1-4,9-10H,5-8H2,(H2,16,17,18,19,20). The largest absolute Gasteiger partial charge is 0.378 e. The number of aromatic nitrogens is 4. The number of hydrogen-bond donors (Lipinski definition) is 2. The van der Waals surface area contributed by atoms with Gasteiger partial charge < -0.3 is 15.0 Å². The van der Waals surface area contributed by atoms with E-state index in [4.69, 9.17) is 4.74 Å². The van der Waals surface area contributed by atoms with Crippen LogP contribution in [0.25, 0.3) is 11.0 Å². The first-order valence-electron chi connectivity index (χ1n) is 7.24. The summed E-state index contributed by atoms with van der Waals surface area (Å²) in [7, 11) is 0.